The molecule has 2 aromatic rings. The van der Waals surface area contributed by atoms with Crippen molar-refractivity contribution in [2.75, 3.05) is 11.9 Å². The van der Waals surface area contributed by atoms with Crippen molar-refractivity contribution in [3.05, 3.63) is 46.7 Å². The minimum Gasteiger partial charge on any atom is -0.452 e. The topological polar surface area (TPSA) is 73.9 Å². The fourth-order valence-corrected chi connectivity index (χ4v) is 2.56. The summed E-state index contributed by atoms with van der Waals surface area (Å²) in [5, 5.41) is 4.27. The number of amides is 1. The van der Waals surface area contributed by atoms with E-state index in [9.17, 15) is 18.4 Å². The van der Waals surface area contributed by atoms with Crippen LogP contribution in [0.15, 0.2) is 41.8 Å². The summed E-state index contributed by atoms with van der Waals surface area (Å²) in [6.45, 7) is -0.516. The Morgan fingerprint density at radius 2 is 2.04 bits per heavy atom. The molecule has 2 heterocycles. The Balaban J connectivity index is 1.49. The van der Waals surface area contributed by atoms with E-state index in [2.05, 4.69) is 14.8 Å². The van der Waals surface area contributed by atoms with Crippen LogP contribution in [-0.2, 0) is 14.3 Å². The van der Waals surface area contributed by atoms with E-state index in [1.165, 1.54) is 35.6 Å². The summed E-state index contributed by atoms with van der Waals surface area (Å²) in [6.07, 6.45) is -0.944. The Bertz CT molecular complexity index is 820. The fraction of sp³-hybridized carbons (Fsp3) is 0.125. The first kappa shape index (κ1) is 16.9. The third-order valence-electron chi connectivity index (χ3n) is 2.96. The molecule has 1 N–H and O–H groups in total. The maximum absolute atomic E-state index is 12.9. The van der Waals surface area contributed by atoms with Crippen LogP contribution in [0.4, 0.5) is 14.5 Å². The van der Waals surface area contributed by atoms with Gasteiger partial charge in [0.05, 0.1) is 0 Å². The monoisotopic (exact) mass is 367 g/mol. The molecule has 1 amide bonds. The van der Waals surface area contributed by atoms with Crippen LogP contribution in [0.25, 0.3) is 6.08 Å². The van der Waals surface area contributed by atoms with Crippen LogP contribution in [0.1, 0.15) is 4.88 Å². The minimum absolute atomic E-state index is 0.131. The predicted molar refractivity (Wildman–Crippen MR) is 85.6 cm³/mol. The maximum Gasteiger partial charge on any atom is 0.586 e. The number of halogens is 2. The highest BCUT2D eigenvalue weighted by atomic mass is 32.1. The molecule has 1 aliphatic rings. The van der Waals surface area contributed by atoms with Crippen LogP contribution >= 0.6 is 11.3 Å². The molecule has 1 aromatic heterocycles. The smallest absolute Gasteiger partial charge is 0.452 e. The van der Waals surface area contributed by atoms with E-state index in [4.69, 9.17) is 4.74 Å². The number of fused-ring (bicyclic) bond motifs is 1. The molecule has 1 aromatic carbocycles. The van der Waals surface area contributed by atoms with Crippen LogP contribution < -0.4 is 14.8 Å². The van der Waals surface area contributed by atoms with Gasteiger partial charge in [-0.05, 0) is 29.7 Å². The lowest BCUT2D eigenvalue weighted by atomic mass is 10.3. The molecular weight excluding hydrogens is 356 g/mol. The average molecular weight is 367 g/mol. The number of thiophene rings is 1. The van der Waals surface area contributed by atoms with Crippen LogP contribution in [0.5, 0.6) is 11.5 Å². The Labute approximate surface area is 144 Å². The molecule has 0 spiro atoms. The van der Waals surface area contributed by atoms with E-state index < -0.39 is 24.8 Å². The standard InChI is InChI=1S/C16H11F2NO5S/c17-16(18)23-12-5-3-10(8-13(12)24-16)19-14(20)9-22-15(21)6-4-11-2-1-7-25-11/h1-8H,9H2,(H,19,20)/b6-4+. The fourth-order valence-electron chi connectivity index (χ4n) is 1.94. The molecule has 1 aliphatic heterocycles. The molecule has 9 heteroatoms. The molecule has 0 aliphatic carbocycles. The van der Waals surface area contributed by atoms with Crippen LogP contribution in [-0.4, -0.2) is 24.8 Å². The van der Waals surface area contributed by atoms with Crippen molar-refractivity contribution in [3.63, 3.8) is 0 Å². The van der Waals surface area contributed by atoms with Crippen LogP contribution in [0, 0.1) is 0 Å². The Kier molecular flexibility index (Phi) is 4.66. The van der Waals surface area contributed by atoms with Crippen molar-refractivity contribution >= 4 is 35.0 Å². The van der Waals surface area contributed by atoms with E-state index in [-0.39, 0.29) is 17.2 Å². The van der Waals surface area contributed by atoms with Gasteiger partial charge in [0.25, 0.3) is 5.91 Å². The quantitative estimate of drug-likeness (QED) is 0.649. The molecule has 0 saturated carbocycles. The van der Waals surface area contributed by atoms with Crippen molar-refractivity contribution in [1.82, 2.24) is 0 Å². The van der Waals surface area contributed by atoms with E-state index >= 15 is 0 Å². The average Bonchev–Trinajstić information content (AvgIpc) is 3.16. The summed E-state index contributed by atoms with van der Waals surface area (Å²) in [4.78, 5) is 24.1. The first-order valence-electron chi connectivity index (χ1n) is 6.99. The number of rotatable bonds is 5. The Hall–Kier alpha value is -2.94. The van der Waals surface area contributed by atoms with Gasteiger partial charge in [-0.15, -0.1) is 20.1 Å². The van der Waals surface area contributed by atoms with Crippen LogP contribution in [0.3, 0.4) is 0 Å². The van der Waals surface area contributed by atoms with E-state index in [1.54, 1.807) is 6.08 Å². The van der Waals surface area contributed by atoms with Crippen molar-refractivity contribution in [2.24, 2.45) is 0 Å². The molecule has 0 saturated heterocycles. The number of esters is 1. The summed E-state index contributed by atoms with van der Waals surface area (Å²) in [5.41, 5.74) is 0.204. The van der Waals surface area contributed by atoms with Crippen molar-refractivity contribution < 1.29 is 32.6 Å². The van der Waals surface area contributed by atoms with Gasteiger partial charge in [-0.3, -0.25) is 4.79 Å². The number of ether oxygens (including phenoxy) is 3. The molecule has 3 rings (SSSR count). The number of hydrogen-bond donors (Lipinski definition) is 1. The van der Waals surface area contributed by atoms with E-state index in [0.29, 0.717) is 0 Å². The third kappa shape index (κ3) is 4.54. The molecule has 25 heavy (non-hydrogen) atoms. The van der Waals surface area contributed by atoms with Crippen molar-refractivity contribution in [1.29, 1.82) is 0 Å². The summed E-state index contributed by atoms with van der Waals surface area (Å²) in [7, 11) is 0. The molecule has 0 radical (unpaired) electrons. The maximum atomic E-state index is 12.9. The largest absolute Gasteiger partial charge is 0.586 e. The molecular formula is C16H11F2NO5S. The lowest BCUT2D eigenvalue weighted by molar-refractivity contribution is -0.286. The summed E-state index contributed by atoms with van der Waals surface area (Å²) in [6, 6.07) is 7.45. The van der Waals surface area contributed by atoms with Gasteiger partial charge in [-0.25, -0.2) is 4.79 Å². The molecule has 0 fully saturated rings. The number of alkyl halides is 2. The van der Waals surface area contributed by atoms with Crippen molar-refractivity contribution in [2.45, 2.75) is 6.29 Å². The van der Waals surface area contributed by atoms with Gasteiger partial charge >= 0.3 is 12.3 Å². The lowest BCUT2D eigenvalue weighted by Gasteiger charge is -2.06. The van der Waals surface area contributed by atoms with Gasteiger partial charge in [0.2, 0.25) is 0 Å². The van der Waals surface area contributed by atoms with Gasteiger partial charge in [-0.2, -0.15) is 0 Å². The normalized spacial score (nSPS) is 14.5. The SMILES string of the molecule is O=C(COC(=O)/C=C/c1cccs1)Nc1ccc2c(c1)OC(F)(F)O2. The zero-order valence-electron chi connectivity index (χ0n) is 12.5. The number of carbonyl (C=O) groups is 2. The molecule has 6 nitrogen and oxygen atoms in total. The second-order valence-electron chi connectivity index (χ2n) is 4.83. The van der Waals surface area contributed by atoms with Gasteiger partial charge < -0.3 is 19.5 Å². The number of benzene rings is 1. The lowest BCUT2D eigenvalue weighted by Crippen LogP contribution is -2.25. The Morgan fingerprint density at radius 1 is 1.24 bits per heavy atom. The van der Waals surface area contributed by atoms with Gasteiger partial charge in [-0.1, -0.05) is 6.07 Å². The second kappa shape index (κ2) is 6.89. The van der Waals surface area contributed by atoms with Crippen LogP contribution in [0.2, 0.25) is 0 Å². The van der Waals surface area contributed by atoms with Crippen molar-refractivity contribution in [3.8, 4) is 11.5 Å². The van der Waals surface area contributed by atoms with Gasteiger partial charge in [0, 0.05) is 22.7 Å². The zero-order chi connectivity index (χ0) is 17.9. The second-order valence-corrected chi connectivity index (χ2v) is 5.81. The molecule has 0 unspecified atom stereocenters. The van der Waals surface area contributed by atoms with E-state index in [0.717, 1.165) is 4.88 Å². The molecule has 0 atom stereocenters. The third-order valence-corrected chi connectivity index (χ3v) is 3.79. The number of hydrogen-bond acceptors (Lipinski definition) is 6. The number of carbonyl (C=O) groups excluding carboxylic acids is 2. The van der Waals surface area contributed by atoms with Gasteiger partial charge in [0.1, 0.15) is 0 Å². The highest BCUT2D eigenvalue weighted by Gasteiger charge is 2.43. The van der Waals surface area contributed by atoms with E-state index in [1.807, 2.05) is 17.5 Å². The predicted octanol–water partition coefficient (Wildman–Crippen LogP) is 3.26. The molecule has 0 bridgehead atoms. The summed E-state index contributed by atoms with van der Waals surface area (Å²) < 4.78 is 39.2. The van der Waals surface area contributed by atoms with Gasteiger partial charge in [0.15, 0.2) is 18.1 Å². The minimum atomic E-state index is -3.73. The first-order valence-corrected chi connectivity index (χ1v) is 7.87. The summed E-state index contributed by atoms with van der Waals surface area (Å²) in [5.74, 6) is -1.62. The Morgan fingerprint density at radius 3 is 2.80 bits per heavy atom. The highest BCUT2D eigenvalue weighted by molar-refractivity contribution is 7.10. The zero-order valence-corrected chi connectivity index (χ0v) is 13.3. The summed E-state index contributed by atoms with van der Waals surface area (Å²) >= 11 is 1.45. The number of nitrogens with one attached hydrogen (secondary N) is 1. The highest BCUT2D eigenvalue weighted by Crippen LogP contribution is 2.42. The molecule has 130 valence electrons. The number of anilines is 1. The first-order chi connectivity index (χ1) is 11.9.